The number of benzene rings is 1. The van der Waals surface area contributed by atoms with E-state index in [9.17, 15) is 13.2 Å². The molecule has 2 aromatic rings. The predicted molar refractivity (Wildman–Crippen MR) is 78.8 cm³/mol. The molecule has 0 fully saturated rings. The molecule has 9 heteroatoms. The molecule has 0 radical (unpaired) electrons. The van der Waals surface area contributed by atoms with Crippen molar-refractivity contribution in [3.63, 3.8) is 0 Å². The summed E-state index contributed by atoms with van der Waals surface area (Å²) in [7, 11) is -3.88. The van der Waals surface area contributed by atoms with Gasteiger partial charge in [-0.2, -0.15) is 5.10 Å². The average molecular weight is 329 g/mol. The lowest BCUT2D eigenvalue weighted by atomic mass is 10.2. The number of anilines is 1. The van der Waals surface area contributed by atoms with E-state index in [1.54, 1.807) is 13.8 Å². The van der Waals surface area contributed by atoms with E-state index in [1.165, 1.54) is 18.2 Å². The number of hydrogen-bond acceptors (Lipinski definition) is 4. The van der Waals surface area contributed by atoms with E-state index in [2.05, 4.69) is 15.5 Å². The Bertz CT molecular complexity index is 794. The molecule has 0 unspecified atom stereocenters. The molecule has 0 aliphatic carbocycles. The van der Waals surface area contributed by atoms with E-state index < -0.39 is 15.9 Å². The lowest BCUT2D eigenvalue weighted by Gasteiger charge is -2.09. The third-order valence-corrected chi connectivity index (χ3v) is 4.11. The van der Waals surface area contributed by atoms with Crippen molar-refractivity contribution in [2.75, 3.05) is 5.32 Å². The van der Waals surface area contributed by atoms with Crippen LogP contribution in [-0.4, -0.2) is 24.5 Å². The van der Waals surface area contributed by atoms with Gasteiger partial charge in [-0.25, -0.2) is 13.6 Å². The number of aromatic nitrogens is 2. The molecule has 0 aliphatic heterocycles. The van der Waals surface area contributed by atoms with Gasteiger partial charge in [-0.3, -0.25) is 9.89 Å². The number of rotatable bonds is 3. The molecule has 0 aliphatic rings. The number of H-pyrrole nitrogens is 1. The van der Waals surface area contributed by atoms with Gasteiger partial charge in [-0.1, -0.05) is 11.6 Å². The van der Waals surface area contributed by atoms with Crippen molar-refractivity contribution < 1.29 is 13.2 Å². The molecule has 7 nitrogen and oxygen atoms in total. The molecule has 1 heterocycles. The zero-order chi connectivity index (χ0) is 15.8. The first-order valence-corrected chi connectivity index (χ1v) is 7.78. The first-order chi connectivity index (χ1) is 9.70. The first-order valence-electron chi connectivity index (χ1n) is 5.85. The minimum Gasteiger partial charge on any atom is -0.320 e. The van der Waals surface area contributed by atoms with Gasteiger partial charge in [-0.05, 0) is 32.0 Å². The fraction of sp³-hybridized carbons (Fsp3) is 0.167. The predicted octanol–water partition coefficient (Wildman–Crippen LogP) is 1.58. The van der Waals surface area contributed by atoms with E-state index in [0.29, 0.717) is 17.0 Å². The number of aromatic amines is 1. The molecule has 112 valence electrons. The van der Waals surface area contributed by atoms with Gasteiger partial charge >= 0.3 is 0 Å². The Hall–Kier alpha value is -1.90. The highest BCUT2D eigenvalue weighted by Gasteiger charge is 2.18. The van der Waals surface area contributed by atoms with Gasteiger partial charge in [0.2, 0.25) is 10.0 Å². The van der Waals surface area contributed by atoms with Crippen LogP contribution in [0, 0.1) is 13.8 Å². The number of aryl methyl sites for hydroxylation is 2. The fourth-order valence-electron chi connectivity index (χ4n) is 1.85. The number of nitrogens with two attached hydrogens (primary N) is 1. The third kappa shape index (κ3) is 3.23. The summed E-state index contributed by atoms with van der Waals surface area (Å²) in [5, 5.41) is 14.4. The highest BCUT2D eigenvalue weighted by Crippen LogP contribution is 2.25. The molecule has 0 bridgehead atoms. The van der Waals surface area contributed by atoms with Gasteiger partial charge < -0.3 is 5.32 Å². The number of nitrogens with one attached hydrogen (secondary N) is 2. The van der Waals surface area contributed by atoms with Crippen LogP contribution in [0.25, 0.3) is 0 Å². The number of carbonyl (C=O) groups is 1. The number of halogens is 1. The normalized spacial score (nSPS) is 11.4. The zero-order valence-electron chi connectivity index (χ0n) is 11.3. The Morgan fingerprint density at radius 1 is 1.38 bits per heavy atom. The molecule has 4 N–H and O–H groups in total. The Morgan fingerprint density at radius 3 is 2.57 bits per heavy atom. The fourth-order valence-corrected chi connectivity index (χ4v) is 2.55. The minimum absolute atomic E-state index is 0.136. The molecular weight excluding hydrogens is 316 g/mol. The molecular formula is C12H13ClN4O3S. The van der Waals surface area contributed by atoms with Gasteiger partial charge in [0.25, 0.3) is 5.91 Å². The monoisotopic (exact) mass is 328 g/mol. The smallest absolute Gasteiger partial charge is 0.259 e. The van der Waals surface area contributed by atoms with Gasteiger partial charge in [-0.15, -0.1) is 0 Å². The molecule has 1 aromatic heterocycles. The van der Waals surface area contributed by atoms with Crippen molar-refractivity contribution in [1.82, 2.24) is 10.2 Å². The van der Waals surface area contributed by atoms with Gasteiger partial charge in [0, 0.05) is 5.69 Å². The summed E-state index contributed by atoms with van der Waals surface area (Å²) in [6.07, 6.45) is 0. The van der Waals surface area contributed by atoms with Gasteiger partial charge in [0.05, 0.1) is 26.9 Å². The van der Waals surface area contributed by atoms with Crippen LogP contribution in [-0.2, 0) is 10.0 Å². The molecule has 1 amide bonds. The second-order valence-corrected chi connectivity index (χ2v) is 6.42. The van der Waals surface area contributed by atoms with E-state index >= 15 is 0 Å². The number of amides is 1. The SMILES string of the molecule is Cc1n[nH]c(C)c1C(=O)Nc1cc(S(N)(=O)=O)ccc1Cl. The molecule has 0 atom stereocenters. The topological polar surface area (TPSA) is 118 Å². The Morgan fingerprint density at radius 2 is 2.05 bits per heavy atom. The van der Waals surface area contributed by atoms with Crippen molar-refractivity contribution in [3.8, 4) is 0 Å². The van der Waals surface area contributed by atoms with Crippen molar-refractivity contribution in [3.05, 3.63) is 40.2 Å². The number of sulfonamides is 1. The van der Waals surface area contributed by atoms with E-state index in [-0.39, 0.29) is 15.6 Å². The standard InChI is InChI=1S/C12H13ClN4O3S/c1-6-11(7(2)17-16-6)12(18)15-10-5-8(21(14,19)20)3-4-9(10)13/h3-5H,1-2H3,(H,15,18)(H,16,17)(H2,14,19,20). The second-order valence-electron chi connectivity index (χ2n) is 4.45. The summed E-state index contributed by atoms with van der Waals surface area (Å²) in [5.41, 5.74) is 1.67. The number of nitrogens with zero attached hydrogens (tertiary/aromatic N) is 1. The van der Waals surface area contributed by atoms with Gasteiger partial charge in [0.15, 0.2) is 0 Å². The highest BCUT2D eigenvalue weighted by molar-refractivity contribution is 7.89. The molecule has 21 heavy (non-hydrogen) atoms. The number of hydrogen-bond donors (Lipinski definition) is 3. The lowest BCUT2D eigenvalue weighted by molar-refractivity contribution is 0.102. The minimum atomic E-state index is -3.88. The maximum absolute atomic E-state index is 12.2. The highest BCUT2D eigenvalue weighted by atomic mass is 35.5. The third-order valence-electron chi connectivity index (χ3n) is 2.87. The lowest BCUT2D eigenvalue weighted by Crippen LogP contribution is -2.16. The zero-order valence-corrected chi connectivity index (χ0v) is 12.8. The van der Waals surface area contributed by atoms with Crippen LogP contribution in [0.15, 0.2) is 23.1 Å². The van der Waals surface area contributed by atoms with Crippen molar-refractivity contribution in [2.45, 2.75) is 18.7 Å². The molecule has 0 saturated carbocycles. The van der Waals surface area contributed by atoms with E-state index in [4.69, 9.17) is 16.7 Å². The quantitative estimate of drug-likeness (QED) is 0.792. The molecule has 2 rings (SSSR count). The van der Waals surface area contributed by atoms with E-state index in [0.717, 1.165) is 0 Å². The van der Waals surface area contributed by atoms with Crippen molar-refractivity contribution in [1.29, 1.82) is 0 Å². The summed E-state index contributed by atoms with van der Waals surface area (Å²) in [6.45, 7) is 3.39. The Balaban J connectivity index is 2.38. The van der Waals surface area contributed by atoms with Crippen LogP contribution >= 0.6 is 11.6 Å². The Kier molecular flexibility index (Phi) is 4.04. The van der Waals surface area contributed by atoms with Crippen LogP contribution in [0.3, 0.4) is 0 Å². The maximum Gasteiger partial charge on any atom is 0.259 e. The van der Waals surface area contributed by atoms with Crippen LogP contribution in [0.2, 0.25) is 5.02 Å². The molecule has 1 aromatic carbocycles. The maximum atomic E-state index is 12.2. The molecule has 0 spiro atoms. The van der Waals surface area contributed by atoms with E-state index in [1.807, 2.05) is 0 Å². The number of carbonyl (C=O) groups excluding carboxylic acids is 1. The average Bonchev–Trinajstić information content (AvgIpc) is 2.70. The first kappa shape index (κ1) is 15.5. The van der Waals surface area contributed by atoms with Crippen LogP contribution in [0.5, 0.6) is 0 Å². The van der Waals surface area contributed by atoms with Crippen LogP contribution in [0.4, 0.5) is 5.69 Å². The molecule has 0 saturated heterocycles. The second kappa shape index (κ2) is 5.47. The summed E-state index contributed by atoms with van der Waals surface area (Å²) in [6, 6.07) is 3.83. The Labute approximate surface area is 126 Å². The van der Waals surface area contributed by atoms with Crippen molar-refractivity contribution >= 4 is 33.2 Å². The number of primary sulfonamides is 1. The van der Waals surface area contributed by atoms with Crippen LogP contribution < -0.4 is 10.5 Å². The van der Waals surface area contributed by atoms with Crippen LogP contribution in [0.1, 0.15) is 21.7 Å². The van der Waals surface area contributed by atoms with Gasteiger partial charge in [0.1, 0.15) is 0 Å². The van der Waals surface area contributed by atoms with Crippen molar-refractivity contribution in [2.24, 2.45) is 5.14 Å². The summed E-state index contributed by atoms with van der Waals surface area (Å²) < 4.78 is 22.7. The summed E-state index contributed by atoms with van der Waals surface area (Å²) >= 11 is 5.96. The largest absolute Gasteiger partial charge is 0.320 e. The summed E-state index contributed by atoms with van der Waals surface area (Å²) in [5.74, 6) is -0.438. The summed E-state index contributed by atoms with van der Waals surface area (Å²) in [4.78, 5) is 12.1.